The highest BCUT2D eigenvalue weighted by molar-refractivity contribution is 9.10. The standard InChI is InChI=1S/C40H39BrClF3N6O6S/c1-40(2,3)57-39(53)47-32(19-24-17-26(44)21-27(45)18-24)36-46-31-20-25(41)9-12-29(31)38(52)51(36)33-14-13-30(42)34-35(33)49(16-6-15-43)48-37(34)50(58(5,54)55)22-23-7-10-28(56-4)11-8-23/h7-14,17-18,20-21,32H,6,15-16,19,22H2,1-5H3,(H,47,53)/t32-/m0/s1. The molecule has 6 aromatic rings. The molecule has 1 N–H and O–H groups in total. The number of carbonyl (C=O) groups excluding carboxylic acids is 1. The number of alkyl halides is 1. The number of sulfonamides is 1. The maximum Gasteiger partial charge on any atom is 0.408 e. The molecule has 0 radical (unpaired) electrons. The van der Waals surface area contributed by atoms with Crippen LogP contribution in [-0.4, -0.2) is 59.5 Å². The Morgan fingerprint density at radius 3 is 2.33 bits per heavy atom. The van der Waals surface area contributed by atoms with Gasteiger partial charge in [-0.1, -0.05) is 39.7 Å². The van der Waals surface area contributed by atoms with Gasteiger partial charge in [-0.05, 0) is 92.9 Å². The number of fused-ring (bicyclic) bond motifs is 2. The molecule has 18 heteroatoms. The fourth-order valence-corrected chi connectivity index (χ4v) is 7.89. The first-order chi connectivity index (χ1) is 27.4. The van der Waals surface area contributed by atoms with E-state index in [2.05, 4.69) is 21.2 Å². The van der Waals surface area contributed by atoms with E-state index in [1.54, 1.807) is 63.2 Å². The number of alkyl carbamates (subject to hydrolysis) is 1. The van der Waals surface area contributed by atoms with Gasteiger partial charge in [0.25, 0.3) is 5.56 Å². The van der Waals surface area contributed by atoms with Crippen molar-refractivity contribution >= 4 is 71.3 Å². The summed E-state index contributed by atoms with van der Waals surface area (Å²) in [6.45, 7) is 3.96. The summed E-state index contributed by atoms with van der Waals surface area (Å²) in [5.74, 6) is -1.36. The Hall–Kier alpha value is -5.13. The number of hydrogen-bond acceptors (Lipinski definition) is 8. The van der Waals surface area contributed by atoms with Gasteiger partial charge in [-0.25, -0.2) is 31.3 Å². The third kappa shape index (κ3) is 9.42. The maximum atomic E-state index is 14.9. The largest absolute Gasteiger partial charge is 0.497 e. The van der Waals surface area contributed by atoms with E-state index in [4.69, 9.17) is 31.2 Å². The lowest BCUT2D eigenvalue weighted by atomic mass is 10.0. The molecular formula is C40H39BrClF3N6O6S. The Morgan fingerprint density at radius 1 is 1.02 bits per heavy atom. The minimum atomic E-state index is -4.07. The molecule has 4 aromatic carbocycles. The fraction of sp³-hybridized carbons (Fsp3) is 0.300. The fourth-order valence-electron chi connectivity index (χ4n) is 6.48. The van der Waals surface area contributed by atoms with Gasteiger partial charge in [-0.2, -0.15) is 5.10 Å². The molecule has 0 saturated heterocycles. The maximum absolute atomic E-state index is 14.9. The van der Waals surface area contributed by atoms with Crippen molar-refractivity contribution in [1.82, 2.24) is 24.6 Å². The van der Waals surface area contributed by atoms with Crippen LogP contribution in [0.15, 0.2) is 82.1 Å². The summed E-state index contributed by atoms with van der Waals surface area (Å²) in [5, 5.41) is 7.78. The van der Waals surface area contributed by atoms with Crippen molar-refractivity contribution in [2.75, 3.05) is 24.3 Å². The molecule has 12 nitrogen and oxygen atoms in total. The van der Waals surface area contributed by atoms with Crippen molar-refractivity contribution in [3.63, 3.8) is 0 Å². The van der Waals surface area contributed by atoms with Gasteiger partial charge in [-0.15, -0.1) is 0 Å². The number of rotatable bonds is 13. The van der Waals surface area contributed by atoms with Gasteiger partial charge < -0.3 is 14.8 Å². The Morgan fingerprint density at radius 2 is 1.71 bits per heavy atom. The molecule has 0 aliphatic rings. The first-order valence-corrected chi connectivity index (χ1v) is 20.9. The van der Waals surface area contributed by atoms with Crippen molar-refractivity contribution in [2.45, 2.75) is 58.3 Å². The number of nitrogens with zero attached hydrogens (tertiary/aromatic N) is 5. The smallest absolute Gasteiger partial charge is 0.408 e. The van der Waals surface area contributed by atoms with Gasteiger partial charge in [0, 0.05) is 23.5 Å². The molecule has 1 amide bonds. The molecule has 0 aliphatic carbocycles. The number of hydrogen-bond donors (Lipinski definition) is 1. The summed E-state index contributed by atoms with van der Waals surface area (Å²) < 4.78 is 85.2. The van der Waals surface area contributed by atoms with Crippen LogP contribution in [0, 0.1) is 11.6 Å². The van der Waals surface area contributed by atoms with Gasteiger partial charge in [0.2, 0.25) is 10.0 Å². The summed E-state index contributed by atoms with van der Waals surface area (Å²) in [6.07, 6.45) is -0.216. The van der Waals surface area contributed by atoms with E-state index in [0.717, 1.165) is 22.7 Å². The molecule has 2 aromatic heterocycles. The van der Waals surface area contributed by atoms with Crippen molar-refractivity contribution < 1.29 is 35.9 Å². The number of halogens is 5. The van der Waals surface area contributed by atoms with Gasteiger partial charge in [0.1, 0.15) is 28.8 Å². The molecule has 6 rings (SSSR count). The number of aromatic nitrogens is 4. The zero-order valence-electron chi connectivity index (χ0n) is 32.0. The van der Waals surface area contributed by atoms with E-state index in [1.807, 2.05) is 0 Å². The highest BCUT2D eigenvalue weighted by Crippen LogP contribution is 2.39. The number of benzene rings is 4. The number of amides is 1. The summed E-state index contributed by atoms with van der Waals surface area (Å²) in [5.41, 5.74) is -0.435. The van der Waals surface area contributed by atoms with Gasteiger partial charge in [0.05, 0.1) is 65.1 Å². The summed E-state index contributed by atoms with van der Waals surface area (Å²) >= 11 is 10.3. The molecule has 1 atom stereocenters. The average molecular weight is 904 g/mol. The lowest BCUT2D eigenvalue weighted by Crippen LogP contribution is -2.39. The van der Waals surface area contributed by atoms with Crippen LogP contribution in [0.1, 0.15) is 50.2 Å². The van der Waals surface area contributed by atoms with E-state index in [-0.39, 0.29) is 75.7 Å². The van der Waals surface area contributed by atoms with Crippen molar-refractivity contribution in [2.24, 2.45) is 0 Å². The second-order valence-electron chi connectivity index (χ2n) is 14.4. The quantitative estimate of drug-likeness (QED) is 0.122. The average Bonchev–Trinajstić information content (AvgIpc) is 3.51. The number of ether oxygens (including phenoxy) is 2. The van der Waals surface area contributed by atoms with Crippen LogP contribution in [0.5, 0.6) is 5.75 Å². The predicted octanol–water partition coefficient (Wildman–Crippen LogP) is 8.57. The number of nitrogens with one attached hydrogen (secondary N) is 1. The number of methoxy groups -OCH3 is 1. The Balaban J connectivity index is 1.67. The highest BCUT2D eigenvalue weighted by atomic mass is 79.9. The molecule has 306 valence electrons. The number of carbonyl (C=O) groups is 1. The first-order valence-electron chi connectivity index (χ1n) is 17.9. The summed E-state index contributed by atoms with van der Waals surface area (Å²) in [7, 11) is -2.57. The van der Waals surface area contributed by atoms with E-state index in [0.29, 0.717) is 21.9 Å². The lowest BCUT2D eigenvalue weighted by molar-refractivity contribution is 0.0500. The molecule has 0 saturated carbocycles. The van der Waals surface area contributed by atoms with E-state index >= 15 is 0 Å². The Bertz CT molecular complexity index is 2670. The molecule has 0 aliphatic heterocycles. The zero-order valence-corrected chi connectivity index (χ0v) is 35.2. The van der Waals surface area contributed by atoms with Crippen molar-refractivity contribution in [3.8, 4) is 11.4 Å². The molecule has 2 heterocycles. The minimum Gasteiger partial charge on any atom is -0.497 e. The van der Waals surface area contributed by atoms with E-state index in [9.17, 15) is 31.2 Å². The lowest BCUT2D eigenvalue weighted by Gasteiger charge is -2.26. The summed E-state index contributed by atoms with van der Waals surface area (Å²) in [6, 6.07) is 16.1. The summed E-state index contributed by atoms with van der Waals surface area (Å²) in [4.78, 5) is 33.2. The van der Waals surface area contributed by atoms with Crippen molar-refractivity contribution in [3.05, 3.63) is 121 Å². The molecule has 0 spiro atoms. The highest BCUT2D eigenvalue weighted by Gasteiger charge is 2.31. The molecular weight excluding hydrogens is 865 g/mol. The van der Waals surface area contributed by atoms with E-state index < -0.39 is 51.6 Å². The second-order valence-corrected chi connectivity index (χ2v) is 17.7. The second kappa shape index (κ2) is 17.0. The zero-order chi connectivity index (χ0) is 42.1. The van der Waals surface area contributed by atoms with Crippen LogP contribution >= 0.6 is 27.5 Å². The van der Waals surface area contributed by atoms with Crippen LogP contribution in [0.2, 0.25) is 5.02 Å². The third-order valence-electron chi connectivity index (χ3n) is 8.89. The third-order valence-corrected chi connectivity index (χ3v) is 10.8. The molecule has 0 bridgehead atoms. The van der Waals surface area contributed by atoms with Crippen LogP contribution < -0.4 is 19.9 Å². The van der Waals surface area contributed by atoms with Crippen LogP contribution in [0.3, 0.4) is 0 Å². The SMILES string of the molecule is COc1ccc(CN(c2nn(CCCF)c3c(-n4c([C@H](Cc5cc(F)cc(F)c5)NC(=O)OC(C)(C)C)nc5cc(Br)ccc5c4=O)ccc(Cl)c23)S(C)(=O)=O)cc1. The van der Waals surface area contributed by atoms with Crippen LogP contribution in [-0.2, 0) is 34.3 Å². The van der Waals surface area contributed by atoms with Gasteiger partial charge >= 0.3 is 6.09 Å². The Kier molecular flexibility index (Phi) is 12.4. The van der Waals surface area contributed by atoms with Gasteiger partial charge in [-0.3, -0.25) is 18.4 Å². The van der Waals surface area contributed by atoms with Crippen LogP contribution in [0.4, 0.5) is 23.8 Å². The topological polar surface area (TPSA) is 138 Å². The number of aryl methyl sites for hydroxylation is 1. The number of anilines is 1. The predicted molar refractivity (Wildman–Crippen MR) is 220 cm³/mol. The molecule has 0 fully saturated rings. The van der Waals surface area contributed by atoms with E-state index in [1.165, 1.54) is 28.5 Å². The monoisotopic (exact) mass is 902 g/mol. The molecule has 0 unspecified atom stereocenters. The van der Waals surface area contributed by atoms with Crippen molar-refractivity contribution in [1.29, 1.82) is 0 Å². The molecule has 58 heavy (non-hydrogen) atoms. The first kappa shape index (κ1) is 42.5. The normalized spacial score (nSPS) is 12.5. The van der Waals surface area contributed by atoms with Crippen LogP contribution in [0.25, 0.3) is 27.5 Å². The van der Waals surface area contributed by atoms with Gasteiger partial charge in [0.15, 0.2) is 5.82 Å². The Labute approximate surface area is 345 Å². The minimum absolute atomic E-state index is 0.0424.